The molecule has 1 aromatic carbocycles. The van der Waals surface area contributed by atoms with Crippen LogP contribution in [0.3, 0.4) is 0 Å². The van der Waals surface area contributed by atoms with E-state index >= 15 is 0 Å². The molecule has 0 heterocycles. The summed E-state index contributed by atoms with van der Waals surface area (Å²) in [7, 11) is 0. The van der Waals surface area contributed by atoms with E-state index in [-0.39, 0.29) is 12.5 Å². The second-order valence-electron chi connectivity index (χ2n) is 4.18. The van der Waals surface area contributed by atoms with E-state index in [0.717, 1.165) is 10.2 Å². The lowest BCUT2D eigenvalue weighted by atomic mass is 10.1. The average molecular weight is 345 g/mol. The van der Waals surface area contributed by atoms with Crippen LogP contribution in [0.25, 0.3) is 0 Å². The van der Waals surface area contributed by atoms with E-state index in [4.69, 9.17) is 11.6 Å². The van der Waals surface area contributed by atoms with Gasteiger partial charge in [-0.15, -0.1) is 0 Å². The van der Waals surface area contributed by atoms with Crippen LogP contribution in [-0.4, -0.2) is 12.2 Å². The van der Waals surface area contributed by atoms with E-state index in [0.29, 0.717) is 11.4 Å². The van der Waals surface area contributed by atoms with Crippen molar-refractivity contribution in [2.24, 2.45) is 0 Å². The fraction of sp³-hybridized carbons (Fsp3) is 0.500. The number of hydrogen-bond acceptors (Lipinski definition) is 1. The second kappa shape index (κ2) is 6.66. The summed E-state index contributed by atoms with van der Waals surface area (Å²) < 4.78 is 36.8. The molecule has 102 valence electrons. The zero-order valence-electron chi connectivity index (χ0n) is 9.82. The smallest absolute Gasteiger partial charge is 0.382 e. The van der Waals surface area contributed by atoms with Gasteiger partial charge < -0.3 is 5.32 Å². The highest BCUT2D eigenvalue weighted by atomic mass is 79.9. The lowest BCUT2D eigenvalue weighted by Gasteiger charge is -2.17. The summed E-state index contributed by atoms with van der Waals surface area (Å²) in [6.07, 6.45) is -4.21. The second-order valence-corrected chi connectivity index (χ2v) is 5.47. The summed E-state index contributed by atoms with van der Waals surface area (Å²) in [6, 6.07) is 5.25. The van der Waals surface area contributed by atoms with Gasteiger partial charge >= 0.3 is 6.18 Å². The Morgan fingerprint density at radius 1 is 1.39 bits per heavy atom. The van der Waals surface area contributed by atoms with Gasteiger partial charge in [0, 0.05) is 27.6 Å². The molecule has 1 aromatic rings. The maximum absolute atomic E-state index is 12.0. The van der Waals surface area contributed by atoms with Crippen molar-refractivity contribution in [3.8, 4) is 0 Å². The average Bonchev–Trinajstić information content (AvgIpc) is 2.20. The molecule has 0 bridgehead atoms. The van der Waals surface area contributed by atoms with E-state index < -0.39 is 12.6 Å². The van der Waals surface area contributed by atoms with Gasteiger partial charge in [0.15, 0.2) is 0 Å². The van der Waals surface area contributed by atoms with Gasteiger partial charge in [-0.25, -0.2) is 0 Å². The topological polar surface area (TPSA) is 12.0 Å². The molecule has 0 saturated heterocycles. The molecular weight excluding hydrogens is 330 g/mol. The Morgan fingerprint density at radius 3 is 2.61 bits per heavy atom. The zero-order chi connectivity index (χ0) is 13.8. The third-order valence-electron chi connectivity index (χ3n) is 2.43. The van der Waals surface area contributed by atoms with Crippen molar-refractivity contribution in [3.05, 3.63) is 27.7 Å². The Hall–Kier alpha value is -0.420. The molecule has 6 heteroatoms. The number of anilines is 1. The van der Waals surface area contributed by atoms with Crippen molar-refractivity contribution in [3.63, 3.8) is 0 Å². The predicted octanol–water partition coefficient (Wildman–Crippen LogP) is 5.64. The number of benzene rings is 1. The van der Waals surface area contributed by atoms with Crippen molar-refractivity contribution < 1.29 is 13.2 Å². The van der Waals surface area contributed by atoms with Gasteiger partial charge in [0.2, 0.25) is 0 Å². The minimum absolute atomic E-state index is 0.0233. The first-order valence-corrected chi connectivity index (χ1v) is 6.73. The highest BCUT2D eigenvalue weighted by molar-refractivity contribution is 9.10. The minimum Gasteiger partial charge on any atom is -0.382 e. The molecule has 0 spiro atoms. The van der Waals surface area contributed by atoms with E-state index in [9.17, 15) is 13.2 Å². The molecule has 1 unspecified atom stereocenters. The Balaban J connectivity index is 2.42. The maximum atomic E-state index is 12.0. The SMILES string of the molecule is CC(CCCC(F)(F)F)Nc1ccc(Cl)cc1Br. The number of hydrogen-bond donors (Lipinski definition) is 1. The highest BCUT2D eigenvalue weighted by Crippen LogP contribution is 2.27. The van der Waals surface area contributed by atoms with Gasteiger partial charge in [0.25, 0.3) is 0 Å². The fourth-order valence-corrected chi connectivity index (χ4v) is 2.35. The zero-order valence-corrected chi connectivity index (χ0v) is 12.2. The van der Waals surface area contributed by atoms with Crippen LogP contribution >= 0.6 is 27.5 Å². The van der Waals surface area contributed by atoms with Gasteiger partial charge in [-0.1, -0.05) is 11.6 Å². The van der Waals surface area contributed by atoms with Crippen LogP contribution in [-0.2, 0) is 0 Å². The molecule has 0 radical (unpaired) electrons. The Morgan fingerprint density at radius 2 is 2.06 bits per heavy atom. The number of rotatable bonds is 5. The quantitative estimate of drug-likeness (QED) is 0.729. The summed E-state index contributed by atoms with van der Waals surface area (Å²) in [4.78, 5) is 0. The van der Waals surface area contributed by atoms with Crippen LogP contribution < -0.4 is 5.32 Å². The normalized spacial score (nSPS) is 13.4. The highest BCUT2D eigenvalue weighted by Gasteiger charge is 2.26. The molecule has 1 atom stereocenters. The van der Waals surface area contributed by atoms with Crippen molar-refractivity contribution >= 4 is 33.2 Å². The first-order valence-electron chi connectivity index (χ1n) is 5.56. The lowest BCUT2D eigenvalue weighted by Crippen LogP contribution is -2.17. The molecule has 1 rings (SSSR count). The molecule has 0 aliphatic carbocycles. The number of alkyl halides is 3. The van der Waals surface area contributed by atoms with Gasteiger partial charge in [0.05, 0.1) is 0 Å². The summed E-state index contributed by atoms with van der Waals surface area (Å²) in [5.74, 6) is 0. The minimum atomic E-state index is -4.07. The largest absolute Gasteiger partial charge is 0.389 e. The van der Waals surface area contributed by atoms with Gasteiger partial charge in [-0.2, -0.15) is 13.2 Å². The van der Waals surface area contributed by atoms with Gasteiger partial charge in [-0.05, 0) is 53.9 Å². The van der Waals surface area contributed by atoms with Crippen molar-refractivity contribution in [1.29, 1.82) is 0 Å². The van der Waals surface area contributed by atoms with E-state index in [2.05, 4.69) is 21.2 Å². The summed E-state index contributed by atoms with van der Waals surface area (Å²) in [6.45, 7) is 1.86. The molecule has 0 aliphatic rings. The molecule has 0 saturated carbocycles. The predicted molar refractivity (Wildman–Crippen MR) is 72.1 cm³/mol. The summed E-state index contributed by atoms with van der Waals surface area (Å²) >= 11 is 9.15. The standard InChI is InChI=1S/C12H14BrClF3N/c1-8(3-2-6-12(15,16)17)18-11-5-4-9(14)7-10(11)13/h4-5,7-8,18H,2-3,6H2,1H3. The Kier molecular flexibility index (Phi) is 5.79. The number of halogens is 5. The van der Waals surface area contributed by atoms with Gasteiger partial charge in [0.1, 0.15) is 0 Å². The Labute approximate surface area is 118 Å². The van der Waals surface area contributed by atoms with Crippen LogP contribution in [0.1, 0.15) is 26.2 Å². The summed E-state index contributed by atoms with van der Waals surface area (Å²) in [5, 5.41) is 3.76. The summed E-state index contributed by atoms with van der Waals surface area (Å²) in [5.41, 5.74) is 0.832. The first kappa shape index (κ1) is 15.6. The molecule has 0 fully saturated rings. The third kappa shape index (κ3) is 5.96. The molecule has 0 aliphatic heterocycles. The van der Waals surface area contributed by atoms with Crippen molar-refractivity contribution in [2.45, 2.75) is 38.4 Å². The first-order chi connectivity index (χ1) is 8.28. The fourth-order valence-electron chi connectivity index (χ4n) is 1.55. The molecule has 1 N–H and O–H groups in total. The molecule has 0 aromatic heterocycles. The molecule has 0 amide bonds. The van der Waals surface area contributed by atoms with E-state index in [1.165, 1.54) is 0 Å². The number of nitrogens with one attached hydrogen (secondary N) is 1. The molecular formula is C12H14BrClF3N. The Bertz CT molecular complexity index is 395. The lowest BCUT2D eigenvalue weighted by molar-refractivity contribution is -0.135. The molecule has 18 heavy (non-hydrogen) atoms. The van der Waals surface area contributed by atoms with Crippen LogP contribution in [0.2, 0.25) is 5.02 Å². The van der Waals surface area contributed by atoms with E-state index in [1.54, 1.807) is 18.2 Å². The molecule has 1 nitrogen and oxygen atoms in total. The van der Waals surface area contributed by atoms with Crippen molar-refractivity contribution in [1.82, 2.24) is 0 Å². The van der Waals surface area contributed by atoms with Crippen LogP contribution in [0.4, 0.5) is 18.9 Å². The maximum Gasteiger partial charge on any atom is 0.389 e. The third-order valence-corrected chi connectivity index (χ3v) is 3.32. The monoisotopic (exact) mass is 343 g/mol. The van der Waals surface area contributed by atoms with Crippen molar-refractivity contribution in [2.75, 3.05) is 5.32 Å². The van der Waals surface area contributed by atoms with Crippen LogP contribution in [0.15, 0.2) is 22.7 Å². The van der Waals surface area contributed by atoms with Crippen LogP contribution in [0.5, 0.6) is 0 Å². The van der Waals surface area contributed by atoms with Gasteiger partial charge in [-0.3, -0.25) is 0 Å². The van der Waals surface area contributed by atoms with E-state index in [1.807, 2.05) is 6.92 Å². The van der Waals surface area contributed by atoms with Crippen LogP contribution in [0, 0.1) is 0 Å².